The van der Waals surface area contributed by atoms with Crippen molar-refractivity contribution in [2.75, 3.05) is 13.7 Å². The van der Waals surface area contributed by atoms with E-state index in [0.717, 1.165) is 11.8 Å². The second-order valence-electron chi connectivity index (χ2n) is 4.65. The van der Waals surface area contributed by atoms with Crippen LogP contribution in [0.1, 0.15) is 33.1 Å². The first-order chi connectivity index (χ1) is 6.15. The maximum atomic E-state index is 6.04. The van der Waals surface area contributed by atoms with E-state index in [2.05, 4.69) is 13.8 Å². The van der Waals surface area contributed by atoms with Gasteiger partial charge in [-0.05, 0) is 30.6 Å². The van der Waals surface area contributed by atoms with Crippen LogP contribution in [0, 0.1) is 17.8 Å². The number of ether oxygens (including phenoxy) is 1. The lowest BCUT2D eigenvalue weighted by Gasteiger charge is -2.34. The molecular weight excluding hydrogens is 162 g/mol. The van der Waals surface area contributed by atoms with Crippen molar-refractivity contribution >= 4 is 0 Å². The van der Waals surface area contributed by atoms with Gasteiger partial charge in [-0.2, -0.15) is 0 Å². The van der Waals surface area contributed by atoms with Crippen molar-refractivity contribution in [1.29, 1.82) is 0 Å². The van der Waals surface area contributed by atoms with Crippen LogP contribution in [0.15, 0.2) is 0 Å². The lowest BCUT2D eigenvalue weighted by Crippen LogP contribution is -2.38. The average Bonchev–Trinajstić information content (AvgIpc) is 2.10. The summed E-state index contributed by atoms with van der Waals surface area (Å²) in [5.41, 5.74) is 6.04. The molecule has 1 saturated carbocycles. The van der Waals surface area contributed by atoms with E-state index in [1.165, 1.54) is 19.3 Å². The molecule has 0 heterocycles. The van der Waals surface area contributed by atoms with E-state index in [1.54, 1.807) is 7.11 Å². The van der Waals surface area contributed by atoms with Gasteiger partial charge in [0.15, 0.2) is 0 Å². The third kappa shape index (κ3) is 2.96. The van der Waals surface area contributed by atoms with E-state index < -0.39 is 0 Å². The van der Waals surface area contributed by atoms with E-state index >= 15 is 0 Å². The lowest BCUT2D eigenvalue weighted by atomic mass is 9.73. The van der Waals surface area contributed by atoms with Gasteiger partial charge in [0.25, 0.3) is 0 Å². The molecule has 4 atom stereocenters. The molecule has 0 amide bonds. The second-order valence-corrected chi connectivity index (χ2v) is 4.65. The highest BCUT2D eigenvalue weighted by atomic mass is 16.5. The highest BCUT2D eigenvalue weighted by Gasteiger charge is 2.28. The zero-order valence-corrected chi connectivity index (χ0v) is 9.12. The van der Waals surface area contributed by atoms with Gasteiger partial charge in [0.05, 0.1) is 6.61 Å². The van der Waals surface area contributed by atoms with Crippen LogP contribution in [-0.4, -0.2) is 19.8 Å². The van der Waals surface area contributed by atoms with E-state index in [0.29, 0.717) is 12.5 Å². The van der Waals surface area contributed by atoms with E-state index in [4.69, 9.17) is 10.5 Å². The maximum Gasteiger partial charge on any atom is 0.0616 e. The molecule has 78 valence electrons. The van der Waals surface area contributed by atoms with Gasteiger partial charge >= 0.3 is 0 Å². The minimum atomic E-state index is 0.250. The van der Waals surface area contributed by atoms with Crippen LogP contribution in [0.5, 0.6) is 0 Å². The third-order valence-corrected chi connectivity index (χ3v) is 3.60. The Labute approximate surface area is 81.8 Å². The van der Waals surface area contributed by atoms with Gasteiger partial charge in [-0.3, -0.25) is 0 Å². The fourth-order valence-electron chi connectivity index (χ4n) is 2.31. The molecule has 2 nitrogen and oxygen atoms in total. The molecule has 2 heteroatoms. The van der Waals surface area contributed by atoms with E-state index in [9.17, 15) is 0 Å². The minimum absolute atomic E-state index is 0.250. The summed E-state index contributed by atoms with van der Waals surface area (Å²) in [6, 6.07) is 0.250. The zero-order chi connectivity index (χ0) is 9.84. The summed E-state index contributed by atoms with van der Waals surface area (Å²) in [6.45, 7) is 5.41. The van der Waals surface area contributed by atoms with Crippen LogP contribution in [0.2, 0.25) is 0 Å². The normalized spacial score (nSPS) is 37.4. The first-order valence-electron chi connectivity index (χ1n) is 5.39. The SMILES string of the molecule is COCC(N)C1CCC(C)C(C)C1. The Kier molecular flexibility index (Phi) is 4.20. The first kappa shape index (κ1) is 11.0. The fraction of sp³-hybridized carbons (Fsp3) is 1.00. The van der Waals surface area contributed by atoms with Gasteiger partial charge < -0.3 is 10.5 Å². The molecule has 0 bridgehead atoms. The monoisotopic (exact) mass is 185 g/mol. The van der Waals surface area contributed by atoms with Gasteiger partial charge in [0.2, 0.25) is 0 Å². The topological polar surface area (TPSA) is 35.2 Å². The standard InChI is InChI=1S/C11H23NO/c1-8-4-5-10(6-9(8)2)11(12)7-13-3/h8-11H,4-7,12H2,1-3H3. The second kappa shape index (κ2) is 4.97. The van der Waals surface area contributed by atoms with Crippen LogP contribution in [0.3, 0.4) is 0 Å². The zero-order valence-electron chi connectivity index (χ0n) is 9.12. The highest BCUT2D eigenvalue weighted by molar-refractivity contribution is 4.81. The molecule has 0 aromatic rings. The van der Waals surface area contributed by atoms with Crippen molar-refractivity contribution in [3.63, 3.8) is 0 Å². The van der Waals surface area contributed by atoms with Crippen LogP contribution in [-0.2, 0) is 4.74 Å². The van der Waals surface area contributed by atoms with Gasteiger partial charge in [-0.25, -0.2) is 0 Å². The molecule has 1 aliphatic rings. The molecule has 0 saturated heterocycles. The molecule has 4 unspecified atom stereocenters. The molecule has 0 spiro atoms. The maximum absolute atomic E-state index is 6.04. The van der Waals surface area contributed by atoms with Crippen LogP contribution in [0.25, 0.3) is 0 Å². The van der Waals surface area contributed by atoms with Crippen molar-refractivity contribution in [2.24, 2.45) is 23.5 Å². The molecule has 13 heavy (non-hydrogen) atoms. The summed E-state index contributed by atoms with van der Waals surface area (Å²) in [5.74, 6) is 2.40. The summed E-state index contributed by atoms with van der Waals surface area (Å²) in [5, 5.41) is 0. The Morgan fingerprint density at radius 2 is 2.00 bits per heavy atom. The summed E-state index contributed by atoms with van der Waals surface area (Å²) < 4.78 is 5.09. The van der Waals surface area contributed by atoms with Crippen LogP contribution >= 0.6 is 0 Å². The Morgan fingerprint density at radius 3 is 2.54 bits per heavy atom. The molecule has 1 rings (SSSR count). The predicted octanol–water partition coefficient (Wildman–Crippen LogP) is 2.03. The summed E-state index contributed by atoms with van der Waals surface area (Å²) in [7, 11) is 1.73. The van der Waals surface area contributed by atoms with Crippen molar-refractivity contribution in [2.45, 2.75) is 39.2 Å². The number of rotatable bonds is 3. The van der Waals surface area contributed by atoms with E-state index in [-0.39, 0.29) is 6.04 Å². The first-order valence-corrected chi connectivity index (χ1v) is 5.39. The molecule has 2 N–H and O–H groups in total. The largest absolute Gasteiger partial charge is 0.383 e. The Balaban J connectivity index is 2.36. The highest BCUT2D eigenvalue weighted by Crippen LogP contribution is 2.34. The molecular formula is C11H23NO. The third-order valence-electron chi connectivity index (χ3n) is 3.60. The number of nitrogens with two attached hydrogens (primary N) is 1. The van der Waals surface area contributed by atoms with Crippen molar-refractivity contribution in [3.8, 4) is 0 Å². The molecule has 1 fully saturated rings. The number of methoxy groups -OCH3 is 1. The Hall–Kier alpha value is -0.0800. The van der Waals surface area contributed by atoms with E-state index in [1.807, 2.05) is 0 Å². The smallest absolute Gasteiger partial charge is 0.0616 e. The number of hydrogen-bond acceptors (Lipinski definition) is 2. The van der Waals surface area contributed by atoms with Gasteiger partial charge in [0, 0.05) is 13.2 Å². The summed E-state index contributed by atoms with van der Waals surface area (Å²) in [4.78, 5) is 0. The van der Waals surface area contributed by atoms with Crippen molar-refractivity contribution < 1.29 is 4.74 Å². The van der Waals surface area contributed by atoms with Crippen LogP contribution < -0.4 is 5.73 Å². The molecule has 0 aliphatic heterocycles. The summed E-state index contributed by atoms with van der Waals surface area (Å²) in [6.07, 6.45) is 3.91. The Morgan fingerprint density at radius 1 is 1.31 bits per heavy atom. The molecule has 0 aromatic heterocycles. The minimum Gasteiger partial charge on any atom is -0.383 e. The molecule has 1 aliphatic carbocycles. The van der Waals surface area contributed by atoms with Crippen molar-refractivity contribution in [3.05, 3.63) is 0 Å². The summed E-state index contributed by atoms with van der Waals surface area (Å²) >= 11 is 0. The van der Waals surface area contributed by atoms with Gasteiger partial charge in [-0.15, -0.1) is 0 Å². The fourth-order valence-corrected chi connectivity index (χ4v) is 2.31. The molecule has 0 radical (unpaired) electrons. The molecule has 0 aromatic carbocycles. The Bertz CT molecular complexity index is 149. The van der Waals surface area contributed by atoms with Crippen LogP contribution in [0.4, 0.5) is 0 Å². The van der Waals surface area contributed by atoms with Crippen molar-refractivity contribution in [1.82, 2.24) is 0 Å². The predicted molar refractivity (Wildman–Crippen MR) is 55.5 cm³/mol. The van der Waals surface area contributed by atoms with Gasteiger partial charge in [0.1, 0.15) is 0 Å². The number of hydrogen-bond donors (Lipinski definition) is 1. The van der Waals surface area contributed by atoms with Gasteiger partial charge in [-0.1, -0.05) is 20.3 Å². The lowest BCUT2D eigenvalue weighted by molar-refractivity contribution is 0.118. The average molecular weight is 185 g/mol. The quantitative estimate of drug-likeness (QED) is 0.730.